The topological polar surface area (TPSA) is 64.4 Å². The number of halogens is 1. The van der Waals surface area contributed by atoms with Crippen LogP contribution in [0.15, 0.2) is 41.3 Å². The van der Waals surface area contributed by atoms with Gasteiger partial charge in [-0.3, -0.25) is 4.79 Å². The van der Waals surface area contributed by atoms with Gasteiger partial charge in [-0.05, 0) is 24.3 Å². The first-order chi connectivity index (χ1) is 8.74. The Labute approximate surface area is 109 Å². The molecule has 0 saturated heterocycles. The summed E-state index contributed by atoms with van der Waals surface area (Å²) in [5, 5.41) is 3.28. The Hall–Kier alpha value is -2.01. The minimum atomic E-state index is -0.229. The van der Waals surface area contributed by atoms with E-state index in [1.54, 1.807) is 24.3 Å². The molecule has 5 nitrogen and oxygen atoms in total. The van der Waals surface area contributed by atoms with Gasteiger partial charge in [-0.15, -0.1) is 0 Å². The molecular formula is C12H11ClN2O3. The highest BCUT2D eigenvalue weighted by molar-refractivity contribution is 6.30. The van der Waals surface area contributed by atoms with Crippen molar-refractivity contribution >= 4 is 17.5 Å². The third-order valence-corrected chi connectivity index (χ3v) is 2.39. The summed E-state index contributed by atoms with van der Waals surface area (Å²) in [5.74, 6) is 0.365. The van der Waals surface area contributed by atoms with Crippen LogP contribution in [-0.2, 0) is 11.3 Å². The number of oxazole rings is 1. The maximum Gasteiger partial charge on any atom is 0.258 e. The molecule has 0 atom stereocenters. The second kappa shape index (κ2) is 6.07. The summed E-state index contributed by atoms with van der Waals surface area (Å²) in [6.45, 7) is 0.263. The lowest BCUT2D eigenvalue weighted by Gasteiger charge is -2.06. The highest BCUT2D eigenvalue weighted by Crippen LogP contribution is 2.15. The van der Waals surface area contributed by atoms with Gasteiger partial charge >= 0.3 is 0 Å². The van der Waals surface area contributed by atoms with Crippen LogP contribution in [0.4, 0.5) is 0 Å². The van der Waals surface area contributed by atoms with E-state index in [0.717, 1.165) is 0 Å². The third-order valence-electron chi connectivity index (χ3n) is 2.13. The van der Waals surface area contributed by atoms with Crippen molar-refractivity contribution in [2.75, 3.05) is 6.61 Å². The largest absolute Gasteiger partial charge is 0.484 e. The number of amides is 1. The lowest BCUT2D eigenvalue weighted by atomic mass is 10.3. The summed E-state index contributed by atoms with van der Waals surface area (Å²) >= 11 is 5.73. The molecule has 0 aliphatic rings. The maximum absolute atomic E-state index is 11.5. The summed E-state index contributed by atoms with van der Waals surface area (Å²) in [6, 6.07) is 6.80. The SMILES string of the molecule is O=C(COc1ccc(Cl)cc1)NCc1cocn1. The minimum absolute atomic E-state index is 0.0561. The van der Waals surface area contributed by atoms with Crippen molar-refractivity contribution < 1.29 is 13.9 Å². The fraction of sp³-hybridized carbons (Fsp3) is 0.167. The van der Waals surface area contributed by atoms with Gasteiger partial charge in [0, 0.05) is 5.02 Å². The van der Waals surface area contributed by atoms with Gasteiger partial charge in [0.15, 0.2) is 13.0 Å². The fourth-order valence-corrected chi connectivity index (χ4v) is 1.37. The Morgan fingerprint density at radius 3 is 2.83 bits per heavy atom. The smallest absolute Gasteiger partial charge is 0.258 e. The standard InChI is InChI=1S/C12H11ClN2O3/c13-9-1-3-11(4-2-9)18-7-12(16)14-5-10-6-17-8-15-10/h1-4,6,8H,5,7H2,(H,14,16). The Balaban J connectivity index is 1.73. The van der Waals surface area contributed by atoms with Gasteiger partial charge < -0.3 is 14.5 Å². The first kappa shape index (κ1) is 12.4. The quantitative estimate of drug-likeness (QED) is 0.899. The molecule has 0 radical (unpaired) electrons. The third kappa shape index (κ3) is 3.78. The first-order valence-electron chi connectivity index (χ1n) is 5.26. The van der Waals surface area contributed by atoms with Crippen molar-refractivity contribution in [3.63, 3.8) is 0 Å². The molecule has 18 heavy (non-hydrogen) atoms. The van der Waals surface area contributed by atoms with Crippen molar-refractivity contribution in [1.29, 1.82) is 0 Å². The van der Waals surface area contributed by atoms with Gasteiger partial charge in [-0.1, -0.05) is 11.6 Å². The van der Waals surface area contributed by atoms with E-state index >= 15 is 0 Å². The number of carbonyl (C=O) groups is 1. The van der Waals surface area contributed by atoms with Gasteiger partial charge in [-0.2, -0.15) is 0 Å². The molecule has 0 bridgehead atoms. The van der Waals surface area contributed by atoms with E-state index in [1.165, 1.54) is 12.7 Å². The second-order valence-corrected chi connectivity index (χ2v) is 3.94. The average Bonchev–Trinajstić information content (AvgIpc) is 2.89. The molecule has 1 amide bonds. The molecule has 0 saturated carbocycles. The molecule has 2 aromatic rings. The Morgan fingerprint density at radius 1 is 1.39 bits per heavy atom. The minimum Gasteiger partial charge on any atom is -0.484 e. The number of carbonyl (C=O) groups excluding carboxylic acids is 1. The van der Waals surface area contributed by atoms with Crippen molar-refractivity contribution in [1.82, 2.24) is 10.3 Å². The monoisotopic (exact) mass is 266 g/mol. The molecule has 94 valence electrons. The number of nitrogens with one attached hydrogen (secondary N) is 1. The molecule has 0 fully saturated rings. The summed E-state index contributed by atoms with van der Waals surface area (Å²) in [5.41, 5.74) is 0.662. The highest BCUT2D eigenvalue weighted by atomic mass is 35.5. The molecule has 0 aliphatic carbocycles. The van der Waals surface area contributed by atoms with Crippen LogP contribution in [0.25, 0.3) is 0 Å². The molecule has 0 spiro atoms. The zero-order valence-corrected chi connectivity index (χ0v) is 10.2. The van der Waals surface area contributed by atoms with Crippen LogP contribution in [0.5, 0.6) is 5.75 Å². The van der Waals surface area contributed by atoms with Gasteiger partial charge in [0.1, 0.15) is 12.0 Å². The summed E-state index contributed by atoms with van der Waals surface area (Å²) in [4.78, 5) is 15.3. The molecular weight excluding hydrogens is 256 g/mol. The molecule has 0 aliphatic heterocycles. The van der Waals surface area contributed by atoms with Crippen LogP contribution in [0.3, 0.4) is 0 Å². The number of hydrogen-bond acceptors (Lipinski definition) is 4. The van der Waals surface area contributed by atoms with E-state index < -0.39 is 0 Å². The van der Waals surface area contributed by atoms with Gasteiger partial charge in [0.25, 0.3) is 5.91 Å². The molecule has 1 heterocycles. The van der Waals surface area contributed by atoms with Gasteiger partial charge in [0.2, 0.25) is 0 Å². The average molecular weight is 267 g/mol. The molecule has 1 aromatic heterocycles. The van der Waals surface area contributed by atoms with Crippen LogP contribution in [0.2, 0.25) is 5.02 Å². The van der Waals surface area contributed by atoms with E-state index in [9.17, 15) is 4.79 Å². The van der Waals surface area contributed by atoms with Crippen molar-refractivity contribution in [2.45, 2.75) is 6.54 Å². The molecule has 2 rings (SSSR count). The first-order valence-corrected chi connectivity index (χ1v) is 5.64. The van der Waals surface area contributed by atoms with E-state index in [-0.39, 0.29) is 12.5 Å². The van der Waals surface area contributed by atoms with Gasteiger partial charge in [0.05, 0.1) is 12.2 Å². The van der Waals surface area contributed by atoms with Crippen LogP contribution < -0.4 is 10.1 Å². The zero-order chi connectivity index (χ0) is 12.8. The van der Waals surface area contributed by atoms with Crippen molar-refractivity contribution in [2.24, 2.45) is 0 Å². The summed E-state index contributed by atoms with van der Waals surface area (Å²) in [6.07, 6.45) is 2.78. The Kier molecular flexibility index (Phi) is 4.20. The predicted molar refractivity (Wildman–Crippen MR) is 65.3 cm³/mol. The molecule has 6 heteroatoms. The fourth-order valence-electron chi connectivity index (χ4n) is 1.24. The number of aromatic nitrogens is 1. The van der Waals surface area contributed by atoms with Crippen LogP contribution in [0.1, 0.15) is 5.69 Å². The Morgan fingerprint density at radius 2 is 2.17 bits per heavy atom. The lowest BCUT2D eigenvalue weighted by molar-refractivity contribution is -0.123. The summed E-state index contributed by atoms with van der Waals surface area (Å²) < 4.78 is 10.1. The number of rotatable bonds is 5. The van der Waals surface area contributed by atoms with E-state index in [2.05, 4.69) is 10.3 Å². The van der Waals surface area contributed by atoms with Gasteiger partial charge in [-0.25, -0.2) is 4.98 Å². The number of ether oxygens (including phenoxy) is 1. The van der Waals surface area contributed by atoms with Crippen molar-refractivity contribution in [3.05, 3.63) is 47.6 Å². The molecule has 1 aromatic carbocycles. The maximum atomic E-state index is 11.5. The molecule has 1 N–H and O–H groups in total. The van der Waals surface area contributed by atoms with Crippen LogP contribution in [-0.4, -0.2) is 17.5 Å². The molecule has 0 unspecified atom stereocenters. The predicted octanol–water partition coefficient (Wildman–Crippen LogP) is 2.02. The highest BCUT2D eigenvalue weighted by Gasteiger charge is 2.04. The van der Waals surface area contributed by atoms with E-state index in [0.29, 0.717) is 23.0 Å². The number of nitrogens with zero attached hydrogens (tertiary/aromatic N) is 1. The van der Waals surface area contributed by atoms with E-state index in [4.69, 9.17) is 20.8 Å². The number of benzene rings is 1. The van der Waals surface area contributed by atoms with Crippen molar-refractivity contribution in [3.8, 4) is 5.75 Å². The summed E-state index contributed by atoms with van der Waals surface area (Å²) in [7, 11) is 0. The lowest BCUT2D eigenvalue weighted by Crippen LogP contribution is -2.28. The zero-order valence-electron chi connectivity index (χ0n) is 9.43. The van der Waals surface area contributed by atoms with E-state index in [1.807, 2.05) is 0 Å². The number of hydrogen-bond donors (Lipinski definition) is 1. The Bertz CT molecular complexity index is 497. The van der Waals surface area contributed by atoms with Crippen LogP contribution >= 0.6 is 11.6 Å². The normalized spacial score (nSPS) is 10.1. The second-order valence-electron chi connectivity index (χ2n) is 3.50. The van der Waals surface area contributed by atoms with Crippen LogP contribution in [0, 0.1) is 0 Å².